The smallest absolute Gasteiger partial charge is 0.339 e. The monoisotopic (exact) mass is 320 g/mol. The van der Waals surface area contributed by atoms with Gasteiger partial charge in [0.05, 0.1) is 5.56 Å². The van der Waals surface area contributed by atoms with E-state index < -0.39 is 0 Å². The highest BCUT2D eigenvalue weighted by Gasteiger charge is 2.17. The van der Waals surface area contributed by atoms with Gasteiger partial charge in [-0.05, 0) is 42.1 Å². The zero-order valence-corrected chi connectivity index (χ0v) is 14.1. The second kappa shape index (κ2) is 6.71. The molecule has 4 heteroatoms. The number of benzene rings is 2. The summed E-state index contributed by atoms with van der Waals surface area (Å²) in [6.07, 6.45) is 3.06. The number of nitrogens with zero attached hydrogens (tertiary/aromatic N) is 2. The number of fused-ring (bicyclic) bond motifs is 1. The number of anilines is 1. The Bertz CT molecular complexity index is 860. The summed E-state index contributed by atoms with van der Waals surface area (Å²) in [6.45, 7) is 1.86. The normalized spacial score (nSPS) is 12.0. The summed E-state index contributed by atoms with van der Waals surface area (Å²) in [7, 11) is 3.98. The quantitative estimate of drug-likeness (QED) is 0.675. The van der Waals surface area contributed by atoms with Gasteiger partial charge in [0.25, 0.3) is 0 Å². The largest absolute Gasteiger partial charge is 0.454 e. The van der Waals surface area contributed by atoms with Gasteiger partial charge in [0, 0.05) is 37.6 Å². The third-order valence-corrected chi connectivity index (χ3v) is 4.06. The number of pyridine rings is 1. The van der Waals surface area contributed by atoms with Crippen LogP contribution >= 0.6 is 0 Å². The molecular weight excluding hydrogens is 300 g/mol. The lowest BCUT2D eigenvalue weighted by Gasteiger charge is -2.18. The van der Waals surface area contributed by atoms with Crippen molar-refractivity contribution in [1.29, 1.82) is 0 Å². The van der Waals surface area contributed by atoms with E-state index in [0.717, 1.165) is 22.0 Å². The van der Waals surface area contributed by atoms with Crippen LogP contribution in [0.25, 0.3) is 10.8 Å². The summed E-state index contributed by atoms with van der Waals surface area (Å²) in [5, 5.41) is 1.93. The molecule has 0 aliphatic rings. The minimum absolute atomic E-state index is 0.319. The molecule has 0 unspecified atom stereocenters. The van der Waals surface area contributed by atoms with Crippen LogP contribution in [-0.4, -0.2) is 25.0 Å². The summed E-state index contributed by atoms with van der Waals surface area (Å²) >= 11 is 0. The second-order valence-corrected chi connectivity index (χ2v) is 5.90. The number of ether oxygens (including phenoxy) is 1. The molecule has 0 N–H and O–H groups in total. The van der Waals surface area contributed by atoms with Crippen molar-refractivity contribution in [3.05, 3.63) is 72.1 Å². The maximum absolute atomic E-state index is 12.7. The van der Waals surface area contributed by atoms with Crippen molar-refractivity contribution in [1.82, 2.24) is 4.98 Å². The first kappa shape index (κ1) is 16.0. The average Bonchev–Trinajstić information content (AvgIpc) is 2.61. The summed E-state index contributed by atoms with van der Waals surface area (Å²) in [4.78, 5) is 18.7. The van der Waals surface area contributed by atoms with Crippen molar-refractivity contribution in [3.8, 4) is 0 Å². The Morgan fingerprint density at radius 1 is 1.00 bits per heavy atom. The van der Waals surface area contributed by atoms with Crippen molar-refractivity contribution in [3.63, 3.8) is 0 Å². The Morgan fingerprint density at radius 3 is 2.33 bits per heavy atom. The van der Waals surface area contributed by atoms with Crippen molar-refractivity contribution in [2.24, 2.45) is 0 Å². The molecule has 0 radical (unpaired) electrons. The van der Waals surface area contributed by atoms with Crippen molar-refractivity contribution in [2.45, 2.75) is 13.0 Å². The van der Waals surface area contributed by atoms with E-state index in [1.165, 1.54) is 0 Å². The number of carbonyl (C=O) groups excluding carboxylic acids is 1. The average molecular weight is 320 g/mol. The molecule has 0 aliphatic carbocycles. The maximum atomic E-state index is 12.7. The van der Waals surface area contributed by atoms with Gasteiger partial charge in [0.2, 0.25) is 0 Å². The van der Waals surface area contributed by atoms with E-state index in [1.807, 2.05) is 74.4 Å². The molecule has 1 aromatic heterocycles. The van der Waals surface area contributed by atoms with Gasteiger partial charge in [-0.1, -0.05) is 24.3 Å². The number of esters is 1. The number of rotatable bonds is 4. The fraction of sp³-hybridized carbons (Fsp3) is 0.200. The van der Waals surface area contributed by atoms with E-state index in [1.54, 1.807) is 12.4 Å². The first-order chi connectivity index (χ1) is 11.6. The molecule has 0 aliphatic heterocycles. The summed E-state index contributed by atoms with van der Waals surface area (Å²) in [5.41, 5.74) is 2.58. The van der Waals surface area contributed by atoms with Crippen molar-refractivity contribution < 1.29 is 9.53 Å². The van der Waals surface area contributed by atoms with Crippen LogP contribution in [0.1, 0.15) is 28.9 Å². The van der Waals surface area contributed by atoms with Gasteiger partial charge < -0.3 is 9.64 Å². The summed E-state index contributed by atoms with van der Waals surface area (Å²) in [6, 6.07) is 15.4. The molecule has 0 bridgehead atoms. The summed E-state index contributed by atoms with van der Waals surface area (Å²) in [5.74, 6) is -0.319. The first-order valence-electron chi connectivity index (χ1n) is 7.88. The van der Waals surface area contributed by atoms with E-state index >= 15 is 0 Å². The Labute approximate surface area is 141 Å². The zero-order valence-electron chi connectivity index (χ0n) is 14.1. The molecule has 1 heterocycles. The molecule has 0 spiro atoms. The van der Waals surface area contributed by atoms with Crippen LogP contribution in [0.5, 0.6) is 0 Å². The molecule has 24 heavy (non-hydrogen) atoms. The van der Waals surface area contributed by atoms with Crippen LogP contribution in [0.3, 0.4) is 0 Å². The molecule has 122 valence electrons. The van der Waals surface area contributed by atoms with Crippen LogP contribution in [0, 0.1) is 0 Å². The Hall–Kier alpha value is -2.88. The predicted molar refractivity (Wildman–Crippen MR) is 96.3 cm³/mol. The minimum atomic E-state index is -0.326. The number of aromatic nitrogens is 1. The molecule has 3 rings (SSSR count). The molecule has 0 fully saturated rings. The Kier molecular flexibility index (Phi) is 4.47. The SMILES string of the molecule is C[C@H](OC(=O)c1ccc(N(C)C)c2ccccc12)c1ccncc1. The van der Waals surface area contributed by atoms with Gasteiger partial charge in [-0.2, -0.15) is 0 Å². The van der Waals surface area contributed by atoms with E-state index in [9.17, 15) is 4.79 Å². The summed E-state index contributed by atoms with van der Waals surface area (Å²) < 4.78 is 5.65. The number of carbonyl (C=O) groups is 1. The van der Waals surface area contributed by atoms with Gasteiger partial charge in [-0.3, -0.25) is 4.98 Å². The van der Waals surface area contributed by atoms with Gasteiger partial charge >= 0.3 is 5.97 Å². The van der Waals surface area contributed by atoms with Gasteiger partial charge in [-0.15, -0.1) is 0 Å². The van der Waals surface area contributed by atoms with E-state index in [0.29, 0.717) is 5.56 Å². The van der Waals surface area contributed by atoms with Gasteiger partial charge in [-0.25, -0.2) is 4.79 Å². The lowest BCUT2D eigenvalue weighted by atomic mass is 10.0. The fourth-order valence-electron chi connectivity index (χ4n) is 2.78. The van der Waals surface area contributed by atoms with Crippen LogP contribution in [0.2, 0.25) is 0 Å². The molecule has 3 aromatic rings. The molecule has 1 atom stereocenters. The fourth-order valence-corrected chi connectivity index (χ4v) is 2.78. The molecular formula is C20H20N2O2. The number of hydrogen-bond acceptors (Lipinski definition) is 4. The highest BCUT2D eigenvalue weighted by Crippen LogP contribution is 2.29. The predicted octanol–water partition coefficient (Wildman–Crippen LogP) is 4.22. The highest BCUT2D eigenvalue weighted by molar-refractivity contribution is 6.08. The molecule has 2 aromatic carbocycles. The van der Waals surface area contributed by atoms with Crippen LogP contribution in [0.15, 0.2) is 60.9 Å². The Morgan fingerprint density at radius 2 is 1.67 bits per heavy atom. The molecule has 0 saturated carbocycles. The lowest BCUT2D eigenvalue weighted by molar-refractivity contribution is 0.0340. The standard InChI is InChI=1S/C20H20N2O2/c1-14(15-10-12-21-13-11-15)24-20(23)18-8-9-19(22(2)3)17-7-5-4-6-16(17)18/h4-14H,1-3H3/t14-/m0/s1. The van der Waals surface area contributed by atoms with Crippen molar-refractivity contribution in [2.75, 3.05) is 19.0 Å². The second-order valence-electron chi connectivity index (χ2n) is 5.90. The third kappa shape index (κ3) is 3.08. The van der Waals surface area contributed by atoms with Gasteiger partial charge in [0.15, 0.2) is 0 Å². The van der Waals surface area contributed by atoms with E-state index in [2.05, 4.69) is 4.98 Å². The zero-order chi connectivity index (χ0) is 17.1. The highest BCUT2D eigenvalue weighted by atomic mass is 16.5. The van der Waals surface area contributed by atoms with E-state index in [-0.39, 0.29) is 12.1 Å². The first-order valence-corrected chi connectivity index (χ1v) is 7.88. The minimum Gasteiger partial charge on any atom is -0.454 e. The molecule has 4 nitrogen and oxygen atoms in total. The van der Waals surface area contributed by atoms with Crippen LogP contribution in [-0.2, 0) is 4.74 Å². The molecule has 0 amide bonds. The van der Waals surface area contributed by atoms with Crippen LogP contribution in [0.4, 0.5) is 5.69 Å². The Balaban J connectivity index is 1.95. The molecule has 0 saturated heterocycles. The number of hydrogen-bond donors (Lipinski definition) is 0. The lowest BCUT2D eigenvalue weighted by Crippen LogP contribution is -2.12. The van der Waals surface area contributed by atoms with E-state index in [4.69, 9.17) is 4.74 Å². The van der Waals surface area contributed by atoms with Gasteiger partial charge in [0.1, 0.15) is 6.10 Å². The topological polar surface area (TPSA) is 42.4 Å². The van der Waals surface area contributed by atoms with Crippen molar-refractivity contribution >= 4 is 22.4 Å². The third-order valence-electron chi connectivity index (χ3n) is 4.06. The maximum Gasteiger partial charge on any atom is 0.339 e. The van der Waals surface area contributed by atoms with Crippen LogP contribution < -0.4 is 4.90 Å².